The van der Waals surface area contributed by atoms with E-state index in [1.165, 1.54) is 44.0 Å². The minimum atomic E-state index is 0.782. The largest absolute Gasteiger partial charge is 0.378 e. The van der Waals surface area contributed by atoms with Crippen molar-refractivity contribution < 1.29 is 0 Å². The van der Waals surface area contributed by atoms with Crippen molar-refractivity contribution in [2.24, 2.45) is 0 Å². The lowest BCUT2D eigenvalue weighted by molar-refractivity contribution is 1.06. The number of nitrogens with zero attached hydrogens (tertiary/aromatic N) is 6. The van der Waals surface area contributed by atoms with Gasteiger partial charge in [0.05, 0.1) is 21.5 Å². The van der Waals surface area contributed by atoms with Gasteiger partial charge in [0.25, 0.3) is 0 Å². The van der Waals surface area contributed by atoms with Crippen molar-refractivity contribution in [3.05, 3.63) is 72.8 Å². The summed E-state index contributed by atoms with van der Waals surface area (Å²) in [5.74, 6) is 0. The molecule has 9 heteroatoms. The Morgan fingerprint density at radius 2 is 0.865 bits per heavy atom. The fourth-order valence-electron chi connectivity index (χ4n) is 4.11. The van der Waals surface area contributed by atoms with Crippen molar-refractivity contribution in [2.75, 3.05) is 38.0 Å². The molecule has 6 nitrogen and oxygen atoms in total. The molecule has 37 heavy (non-hydrogen) atoms. The number of anilines is 2. The van der Waals surface area contributed by atoms with Gasteiger partial charge in [-0.2, -0.15) is 8.75 Å². The van der Waals surface area contributed by atoms with E-state index in [4.69, 9.17) is 0 Å². The predicted molar refractivity (Wildman–Crippen MR) is 159 cm³/mol. The van der Waals surface area contributed by atoms with Crippen molar-refractivity contribution in [3.63, 3.8) is 0 Å². The Balaban J connectivity index is 1.32. The monoisotopic (exact) mass is 540 g/mol. The van der Waals surface area contributed by atoms with E-state index in [9.17, 15) is 0 Å². The Morgan fingerprint density at radius 1 is 0.486 bits per heavy atom. The minimum absolute atomic E-state index is 0.782. The smallest absolute Gasteiger partial charge is 0.136 e. The van der Waals surface area contributed by atoms with E-state index in [0.29, 0.717) is 0 Å². The van der Waals surface area contributed by atoms with Gasteiger partial charge in [-0.05, 0) is 59.7 Å². The third-order valence-electron chi connectivity index (χ3n) is 6.20. The van der Waals surface area contributed by atoms with Gasteiger partial charge in [0.15, 0.2) is 0 Å². The van der Waals surface area contributed by atoms with Crippen molar-refractivity contribution in [3.8, 4) is 42.0 Å². The maximum absolute atomic E-state index is 4.64. The van der Waals surface area contributed by atoms with Gasteiger partial charge in [-0.3, -0.25) is 0 Å². The van der Waals surface area contributed by atoms with Gasteiger partial charge in [-0.1, -0.05) is 24.3 Å². The lowest BCUT2D eigenvalue weighted by Crippen LogP contribution is -2.07. The molecule has 0 saturated carbocycles. The Kier molecular flexibility index (Phi) is 6.19. The average molecular weight is 541 g/mol. The van der Waals surface area contributed by atoms with E-state index < -0.39 is 0 Å². The highest BCUT2D eigenvalue weighted by molar-refractivity contribution is 7.19. The fourth-order valence-corrected chi connectivity index (χ4v) is 6.66. The molecule has 2 aromatic carbocycles. The van der Waals surface area contributed by atoms with Gasteiger partial charge >= 0.3 is 0 Å². The molecule has 0 saturated heterocycles. The predicted octanol–water partition coefficient (Wildman–Crippen LogP) is 7.40. The SMILES string of the molecule is CN(C)c1ccc(-c2ccc(-c3nnc(-c4ccc(-c5ccc(N(C)C)cc5)s4)c4nsnc34)s2)cc1. The normalized spacial score (nSPS) is 11.2. The summed E-state index contributed by atoms with van der Waals surface area (Å²) in [6, 6.07) is 25.6. The number of hydrogen-bond acceptors (Lipinski definition) is 9. The first kappa shape index (κ1) is 23.7. The molecule has 0 N–H and O–H groups in total. The second-order valence-electron chi connectivity index (χ2n) is 9.07. The summed E-state index contributed by atoms with van der Waals surface area (Å²) in [6.07, 6.45) is 0. The molecular weight excluding hydrogens is 517 g/mol. The summed E-state index contributed by atoms with van der Waals surface area (Å²) in [7, 11) is 8.20. The van der Waals surface area contributed by atoms with E-state index in [1.54, 1.807) is 22.7 Å². The van der Waals surface area contributed by atoms with Crippen LogP contribution in [0.1, 0.15) is 0 Å². The molecule has 6 aromatic rings. The van der Waals surface area contributed by atoms with Crippen LogP contribution in [-0.4, -0.2) is 47.1 Å². The van der Waals surface area contributed by atoms with Gasteiger partial charge in [0.2, 0.25) is 0 Å². The van der Waals surface area contributed by atoms with Crippen LogP contribution in [0.3, 0.4) is 0 Å². The third kappa shape index (κ3) is 4.50. The first-order valence-electron chi connectivity index (χ1n) is 11.7. The van der Waals surface area contributed by atoms with Gasteiger partial charge in [0.1, 0.15) is 22.4 Å². The summed E-state index contributed by atoms with van der Waals surface area (Å²) >= 11 is 4.60. The van der Waals surface area contributed by atoms with E-state index in [2.05, 4.69) is 102 Å². The zero-order valence-electron chi connectivity index (χ0n) is 20.8. The molecular formula is C28H24N6S3. The molecule has 0 aliphatic rings. The summed E-state index contributed by atoms with van der Waals surface area (Å²) < 4.78 is 9.23. The summed E-state index contributed by atoms with van der Waals surface area (Å²) in [5.41, 5.74) is 7.90. The second kappa shape index (κ2) is 9.66. The van der Waals surface area contributed by atoms with Crippen LogP contribution in [0.5, 0.6) is 0 Å². The Morgan fingerprint density at radius 3 is 1.24 bits per heavy atom. The van der Waals surface area contributed by atoms with E-state index in [-0.39, 0.29) is 0 Å². The minimum Gasteiger partial charge on any atom is -0.378 e. The van der Waals surface area contributed by atoms with Crippen LogP contribution in [0.4, 0.5) is 11.4 Å². The molecule has 184 valence electrons. The van der Waals surface area contributed by atoms with Crippen LogP contribution in [-0.2, 0) is 0 Å². The number of benzene rings is 2. The van der Waals surface area contributed by atoms with Crippen LogP contribution < -0.4 is 9.80 Å². The number of hydrogen-bond donors (Lipinski definition) is 0. The standard InChI is InChI=1S/C28H24N6S3/c1-33(2)19-9-5-17(6-10-19)21-13-15-23(35-21)25-27-28(32-37-31-27)26(30-29-25)24-16-14-22(36-24)18-7-11-20(12-8-18)34(3)4/h5-16H,1-4H3. The molecule has 0 unspecified atom stereocenters. The second-order valence-corrected chi connectivity index (χ2v) is 11.8. The average Bonchev–Trinajstić information content (AvgIpc) is 3.69. The molecule has 0 atom stereocenters. The number of rotatable bonds is 6. The van der Waals surface area contributed by atoms with E-state index in [0.717, 1.165) is 32.2 Å². The van der Waals surface area contributed by atoms with E-state index in [1.807, 2.05) is 28.2 Å². The van der Waals surface area contributed by atoms with E-state index >= 15 is 0 Å². The van der Waals surface area contributed by atoms with Crippen LogP contribution in [0.25, 0.3) is 53.1 Å². The lowest BCUT2D eigenvalue weighted by Gasteiger charge is -2.12. The Labute approximate surface area is 227 Å². The zero-order chi connectivity index (χ0) is 25.5. The highest BCUT2D eigenvalue weighted by Crippen LogP contribution is 2.40. The molecule has 0 aliphatic heterocycles. The summed E-state index contributed by atoms with van der Waals surface area (Å²) in [4.78, 5) is 8.65. The van der Waals surface area contributed by atoms with Crippen molar-refractivity contribution in [2.45, 2.75) is 0 Å². The van der Waals surface area contributed by atoms with Crippen molar-refractivity contribution in [1.82, 2.24) is 18.9 Å². The topological polar surface area (TPSA) is 58.0 Å². The van der Waals surface area contributed by atoms with Crippen LogP contribution in [0, 0.1) is 0 Å². The summed E-state index contributed by atoms with van der Waals surface area (Å²) in [6.45, 7) is 0. The van der Waals surface area contributed by atoms with Crippen LogP contribution >= 0.6 is 34.4 Å². The highest BCUT2D eigenvalue weighted by Gasteiger charge is 2.19. The molecule has 4 heterocycles. The molecule has 0 radical (unpaired) electrons. The van der Waals surface area contributed by atoms with Crippen molar-refractivity contribution >= 4 is 56.8 Å². The van der Waals surface area contributed by atoms with Gasteiger partial charge in [0, 0.05) is 49.3 Å². The molecule has 0 bridgehead atoms. The third-order valence-corrected chi connectivity index (χ3v) is 9.01. The van der Waals surface area contributed by atoms with Gasteiger partial charge in [-0.25, -0.2) is 0 Å². The number of fused-ring (bicyclic) bond motifs is 1. The molecule has 6 rings (SSSR count). The van der Waals surface area contributed by atoms with Crippen LogP contribution in [0.15, 0.2) is 72.8 Å². The number of thiophene rings is 2. The van der Waals surface area contributed by atoms with Gasteiger partial charge < -0.3 is 9.80 Å². The van der Waals surface area contributed by atoms with Crippen LogP contribution in [0.2, 0.25) is 0 Å². The maximum atomic E-state index is 4.64. The Bertz CT molecular complexity index is 1550. The summed E-state index contributed by atoms with van der Waals surface area (Å²) in [5, 5.41) is 9.28. The Hall–Kier alpha value is -3.66. The highest BCUT2D eigenvalue weighted by atomic mass is 32.1. The quantitative estimate of drug-likeness (QED) is 0.219. The molecule has 0 amide bonds. The fraction of sp³-hybridized carbons (Fsp3) is 0.143. The first-order valence-corrected chi connectivity index (χ1v) is 14.1. The number of aromatic nitrogens is 4. The van der Waals surface area contributed by atoms with Crippen molar-refractivity contribution in [1.29, 1.82) is 0 Å². The molecule has 0 spiro atoms. The maximum Gasteiger partial charge on any atom is 0.136 e. The lowest BCUT2D eigenvalue weighted by atomic mass is 10.1. The molecule has 0 aliphatic carbocycles. The zero-order valence-corrected chi connectivity index (χ0v) is 23.3. The molecule has 0 fully saturated rings. The first-order chi connectivity index (χ1) is 18.0. The molecule has 4 aromatic heterocycles. The van der Waals surface area contributed by atoms with Gasteiger partial charge in [-0.15, -0.1) is 32.9 Å².